The third-order valence-electron chi connectivity index (χ3n) is 19.3. The lowest BCUT2D eigenvalue weighted by Gasteiger charge is -2.45. The normalized spacial score (nSPS) is 13.2. The maximum Gasteiger partial charge on any atom is 0.252 e. The van der Waals surface area contributed by atoms with Gasteiger partial charge in [0.05, 0.1) is 16.7 Å². The number of aromatic nitrogens is 1. The van der Waals surface area contributed by atoms with E-state index in [-0.39, 0.29) is 23.0 Å². The fourth-order valence-electron chi connectivity index (χ4n) is 14.9. The van der Waals surface area contributed by atoms with Gasteiger partial charge in [-0.15, -0.1) is 0 Å². The average molecular weight is 1160 g/mol. The van der Waals surface area contributed by atoms with E-state index in [2.05, 4.69) is 322 Å². The van der Waals surface area contributed by atoms with Crippen molar-refractivity contribution in [2.75, 3.05) is 14.7 Å². The number of benzene rings is 11. The van der Waals surface area contributed by atoms with Gasteiger partial charge in [-0.1, -0.05) is 172 Å². The molecule has 0 amide bonds. The quantitative estimate of drug-likeness (QED) is 0.149. The molecule has 11 aromatic carbocycles. The van der Waals surface area contributed by atoms with Gasteiger partial charge in [0.15, 0.2) is 0 Å². The molecular formula is C83H77BN4O. The van der Waals surface area contributed by atoms with Crippen LogP contribution in [0.4, 0.5) is 51.2 Å². The Hall–Kier alpha value is -9.52. The first kappa shape index (κ1) is 56.0. The van der Waals surface area contributed by atoms with E-state index < -0.39 is 0 Å². The molecule has 2 aromatic heterocycles. The van der Waals surface area contributed by atoms with E-state index in [0.29, 0.717) is 0 Å². The molecule has 0 bridgehead atoms. The van der Waals surface area contributed by atoms with Gasteiger partial charge < -0.3 is 23.7 Å². The Labute approximate surface area is 525 Å². The van der Waals surface area contributed by atoms with E-state index in [1.807, 2.05) is 6.07 Å². The number of furan rings is 1. The van der Waals surface area contributed by atoms with Crippen molar-refractivity contribution in [3.8, 4) is 16.8 Å². The summed E-state index contributed by atoms with van der Waals surface area (Å²) in [7, 11) is 0. The van der Waals surface area contributed by atoms with Crippen LogP contribution in [-0.2, 0) is 16.2 Å². The molecule has 0 spiro atoms. The molecule has 15 rings (SSSR count). The molecule has 4 heterocycles. The third kappa shape index (κ3) is 9.11. The third-order valence-corrected chi connectivity index (χ3v) is 19.3. The Balaban J connectivity index is 1.00. The molecule has 0 fully saturated rings. The molecule has 438 valence electrons. The van der Waals surface area contributed by atoms with E-state index >= 15 is 0 Å². The summed E-state index contributed by atoms with van der Waals surface area (Å²) in [5.41, 5.74) is 31.9. The summed E-state index contributed by atoms with van der Waals surface area (Å²) in [6, 6.07) is 80.7. The first-order valence-electron chi connectivity index (χ1n) is 31.8. The number of para-hydroxylation sites is 3. The minimum absolute atomic E-state index is 0.0120. The Morgan fingerprint density at radius 1 is 0.371 bits per heavy atom. The van der Waals surface area contributed by atoms with Gasteiger partial charge >= 0.3 is 0 Å². The highest BCUT2D eigenvalue weighted by Gasteiger charge is 2.44. The van der Waals surface area contributed by atoms with Crippen LogP contribution in [0.5, 0.6) is 0 Å². The lowest BCUT2D eigenvalue weighted by molar-refractivity contribution is 0.589. The van der Waals surface area contributed by atoms with Gasteiger partial charge in [0.2, 0.25) is 0 Å². The van der Waals surface area contributed by atoms with Crippen LogP contribution in [-0.4, -0.2) is 11.3 Å². The average Bonchev–Trinajstić information content (AvgIpc) is 1.43. The van der Waals surface area contributed by atoms with Gasteiger partial charge in [0.1, 0.15) is 11.2 Å². The van der Waals surface area contributed by atoms with Crippen LogP contribution in [0.15, 0.2) is 217 Å². The summed E-state index contributed by atoms with van der Waals surface area (Å²) in [5, 5.41) is 4.73. The van der Waals surface area contributed by atoms with Gasteiger partial charge in [-0.25, -0.2) is 0 Å². The number of fused-ring (bicyclic) bond motifs is 10. The molecular weight excluding hydrogens is 1080 g/mol. The van der Waals surface area contributed by atoms with Crippen LogP contribution < -0.4 is 31.1 Å². The largest absolute Gasteiger partial charge is 0.456 e. The summed E-state index contributed by atoms with van der Waals surface area (Å²) in [6.45, 7) is 32.3. The number of hydrogen-bond acceptors (Lipinski definition) is 4. The molecule has 0 atom stereocenters. The van der Waals surface area contributed by atoms with Crippen LogP contribution in [0.1, 0.15) is 107 Å². The molecule has 0 saturated heterocycles. The molecule has 0 radical (unpaired) electrons. The predicted molar refractivity (Wildman–Crippen MR) is 382 cm³/mol. The number of hydrogen-bond donors (Lipinski definition) is 0. The molecule has 5 nitrogen and oxygen atoms in total. The van der Waals surface area contributed by atoms with E-state index in [4.69, 9.17) is 4.42 Å². The van der Waals surface area contributed by atoms with Crippen molar-refractivity contribution in [2.45, 2.75) is 113 Å². The lowest BCUT2D eigenvalue weighted by Crippen LogP contribution is -2.61. The number of nitrogens with zero attached hydrogens (tertiary/aromatic N) is 4. The highest BCUT2D eigenvalue weighted by molar-refractivity contribution is 7.00. The van der Waals surface area contributed by atoms with Gasteiger partial charge in [0, 0.05) is 72.7 Å². The van der Waals surface area contributed by atoms with Crippen molar-refractivity contribution in [2.24, 2.45) is 0 Å². The number of anilines is 9. The van der Waals surface area contributed by atoms with Crippen molar-refractivity contribution in [3.63, 3.8) is 0 Å². The first-order valence-corrected chi connectivity index (χ1v) is 31.8. The lowest BCUT2D eigenvalue weighted by atomic mass is 9.33. The number of rotatable bonds is 7. The second-order valence-electron chi connectivity index (χ2n) is 28.6. The van der Waals surface area contributed by atoms with E-state index in [1.165, 1.54) is 105 Å². The predicted octanol–water partition coefficient (Wildman–Crippen LogP) is 21.3. The fraction of sp³-hybridized carbons (Fsp3) is 0.205. The highest BCUT2D eigenvalue weighted by Crippen LogP contribution is 2.50. The standard InChI is InChI=1S/C83H77BN4O/c1-50-40-74-79-75(41-50)88(63-44-51(2)78(52(3)45-63)55-28-36-67-66-25-19-21-27-76(66)89-77(67)46-55)73-49-62(35-39-69(73)84(79)68-38-31-57(82(9,10)11)47-72(68)87(74)60-32-29-56(30-33-60)81(6,7)8)85(80-53(4)42-58(43-54(80)5)83(12,13)14)61-34-37-65-64-24-18-20-26-70(64)86(71(65)48-61)59-22-16-15-17-23-59/h15-49H,1-14H3. The van der Waals surface area contributed by atoms with Crippen LogP contribution in [0.2, 0.25) is 0 Å². The van der Waals surface area contributed by atoms with E-state index in [0.717, 1.165) is 67.1 Å². The zero-order chi connectivity index (χ0) is 61.7. The number of aryl methyl sites for hydroxylation is 5. The molecule has 0 unspecified atom stereocenters. The Kier molecular flexibility index (Phi) is 12.8. The molecule has 0 aliphatic carbocycles. The van der Waals surface area contributed by atoms with Gasteiger partial charge in [-0.3, -0.25) is 0 Å². The molecule has 2 aliphatic rings. The minimum Gasteiger partial charge on any atom is -0.456 e. The smallest absolute Gasteiger partial charge is 0.252 e. The molecule has 13 aromatic rings. The summed E-state index contributed by atoms with van der Waals surface area (Å²) >= 11 is 0. The van der Waals surface area contributed by atoms with Crippen molar-refractivity contribution in [1.82, 2.24) is 4.57 Å². The van der Waals surface area contributed by atoms with Crippen molar-refractivity contribution in [3.05, 3.63) is 257 Å². The van der Waals surface area contributed by atoms with Crippen molar-refractivity contribution >= 4 is 118 Å². The van der Waals surface area contributed by atoms with E-state index in [9.17, 15) is 0 Å². The fourth-order valence-corrected chi connectivity index (χ4v) is 14.9. The first-order chi connectivity index (χ1) is 42.6. The summed E-state index contributed by atoms with van der Waals surface area (Å²) in [5.74, 6) is 0. The highest BCUT2D eigenvalue weighted by atomic mass is 16.3. The second kappa shape index (κ2) is 20.3. The molecule has 0 saturated carbocycles. The van der Waals surface area contributed by atoms with Gasteiger partial charge in [0.25, 0.3) is 6.71 Å². The summed E-state index contributed by atoms with van der Waals surface area (Å²) in [6.07, 6.45) is 0. The maximum atomic E-state index is 6.52. The van der Waals surface area contributed by atoms with Crippen LogP contribution in [0, 0.1) is 34.6 Å². The Morgan fingerprint density at radius 2 is 0.910 bits per heavy atom. The summed E-state index contributed by atoms with van der Waals surface area (Å²) in [4.78, 5) is 7.74. The van der Waals surface area contributed by atoms with Crippen molar-refractivity contribution < 1.29 is 4.42 Å². The maximum absolute atomic E-state index is 6.52. The van der Waals surface area contributed by atoms with Crippen LogP contribution in [0.3, 0.4) is 0 Å². The molecule has 6 heteroatoms. The molecule has 2 aliphatic heterocycles. The van der Waals surface area contributed by atoms with Crippen LogP contribution in [0.25, 0.3) is 60.6 Å². The second-order valence-corrected chi connectivity index (χ2v) is 28.6. The molecule has 89 heavy (non-hydrogen) atoms. The summed E-state index contributed by atoms with van der Waals surface area (Å²) < 4.78 is 8.96. The zero-order valence-corrected chi connectivity index (χ0v) is 54.0. The van der Waals surface area contributed by atoms with Crippen LogP contribution >= 0.6 is 0 Å². The zero-order valence-electron chi connectivity index (χ0n) is 54.0. The SMILES string of the molecule is Cc1cc2c3c(c1)N(c1ccc(C(C)(C)C)cc1)c1cc(C(C)(C)C)ccc1B3c1ccc(N(c3ccc4c5ccccc5n(-c5ccccc5)c4c3)c3c(C)cc(C(C)(C)C)cc3C)cc1N2c1cc(C)c(-c2ccc3c(c2)oc2ccccc23)c(C)c1. The van der Waals surface area contributed by atoms with Crippen molar-refractivity contribution in [1.29, 1.82) is 0 Å². The Morgan fingerprint density at radius 3 is 1.58 bits per heavy atom. The van der Waals surface area contributed by atoms with Gasteiger partial charge in [-0.05, 0) is 226 Å². The monoisotopic (exact) mass is 1160 g/mol. The Bertz CT molecular complexity index is 4990. The minimum atomic E-state index is -0.0760. The van der Waals surface area contributed by atoms with Gasteiger partial charge in [-0.2, -0.15) is 0 Å². The molecule has 0 N–H and O–H groups in total. The van der Waals surface area contributed by atoms with E-state index in [1.54, 1.807) is 0 Å². The topological polar surface area (TPSA) is 27.8 Å².